The van der Waals surface area contributed by atoms with E-state index in [9.17, 15) is 0 Å². The Hall–Kier alpha value is -1.64. The van der Waals surface area contributed by atoms with Gasteiger partial charge in [-0.1, -0.05) is 0 Å². The molecule has 2 rings (SSSR count). The van der Waals surface area contributed by atoms with Gasteiger partial charge in [-0.2, -0.15) is 5.10 Å². The lowest BCUT2D eigenvalue weighted by atomic mass is 10.4. The molecule has 0 spiro atoms. The van der Waals surface area contributed by atoms with Crippen LogP contribution in [0.1, 0.15) is 5.69 Å². The molecule has 0 amide bonds. The van der Waals surface area contributed by atoms with Gasteiger partial charge < -0.3 is 4.57 Å². The number of hydrogen-bond acceptors (Lipinski definition) is 2. The second-order valence-electron chi connectivity index (χ2n) is 2.19. The maximum absolute atomic E-state index is 3.80. The van der Waals surface area contributed by atoms with Crippen molar-refractivity contribution in [3.05, 3.63) is 30.1 Å². The van der Waals surface area contributed by atoms with E-state index in [-0.39, 0.29) is 0 Å². The van der Waals surface area contributed by atoms with Gasteiger partial charge in [0.1, 0.15) is 6.34 Å². The van der Waals surface area contributed by atoms with Crippen LogP contribution in [-0.2, 0) is 0 Å². The van der Waals surface area contributed by atoms with E-state index >= 15 is 0 Å². The maximum atomic E-state index is 3.80. The van der Waals surface area contributed by atoms with Gasteiger partial charge in [-0.3, -0.25) is 0 Å². The standard InChI is InChI=1S/C8H7N3/c1-3-8-4-2-6-11(8)7-10-9-5-1/h1-7H/b3-1+,9-5-,10-7-. The van der Waals surface area contributed by atoms with Crippen LogP contribution in [0.4, 0.5) is 0 Å². The quantitative estimate of drug-likeness (QED) is 0.528. The fraction of sp³-hybridized carbons (Fsp3) is 0. The molecule has 11 heavy (non-hydrogen) atoms. The molecule has 0 bridgehead atoms. The molecule has 0 fully saturated rings. The van der Waals surface area contributed by atoms with Crippen molar-refractivity contribution in [2.45, 2.75) is 0 Å². The molecule has 1 aliphatic heterocycles. The molecule has 0 saturated heterocycles. The van der Waals surface area contributed by atoms with Crippen molar-refractivity contribution in [1.82, 2.24) is 4.57 Å². The first-order valence-electron chi connectivity index (χ1n) is 3.37. The van der Waals surface area contributed by atoms with Gasteiger partial charge in [0.05, 0.1) is 0 Å². The van der Waals surface area contributed by atoms with E-state index in [1.807, 2.05) is 35.0 Å². The first kappa shape index (κ1) is 6.09. The molecule has 0 aliphatic carbocycles. The van der Waals surface area contributed by atoms with Gasteiger partial charge >= 0.3 is 0 Å². The summed E-state index contributed by atoms with van der Waals surface area (Å²) in [6.07, 6.45) is 9.11. The van der Waals surface area contributed by atoms with Crippen LogP contribution in [0.5, 0.6) is 0 Å². The Balaban J connectivity index is 2.52. The van der Waals surface area contributed by atoms with Crippen LogP contribution in [0.25, 0.3) is 6.08 Å². The van der Waals surface area contributed by atoms with Crippen LogP contribution in [0, 0.1) is 0 Å². The van der Waals surface area contributed by atoms with Crippen LogP contribution in [-0.4, -0.2) is 17.1 Å². The van der Waals surface area contributed by atoms with Crippen molar-refractivity contribution in [3.63, 3.8) is 0 Å². The largest absolute Gasteiger partial charge is 0.306 e. The molecule has 0 N–H and O–H groups in total. The van der Waals surface area contributed by atoms with Crippen molar-refractivity contribution < 1.29 is 0 Å². The van der Waals surface area contributed by atoms with Gasteiger partial charge in [0, 0.05) is 18.1 Å². The first-order chi connectivity index (χ1) is 5.47. The highest BCUT2D eigenvalue weighted by Gasteiger charge is 1.92. The Morgan fingerprint density at radius 1 is 1.27 bits per heavy atom. The van der Waals surface area contributed by atoms with Crippen molar-refractivity contribution in [3.8, 4) is 0 Å². The lowest BCUT2D eigenvalue weighted by Gasteiger charge is -1.96. The number of rotatable bonds is 0. The number of hydrogen-bond donors (Lipinski definition) is 0. The predicted octanol–water partition coefficient (Wildman–Crippen LogP) is 1.38. The summed E-state index contributed by atoms with van der Waals surface area (Å²) < 4.78 is 1.91. The molecule has 0 atom stereocenters. The summed E-state index contributed by atoms with van der Waals surface area (Å²) in [4.78, 5) is 0. The molecule has 1 aromatic rings. The molecule has 0 saturated carbocycles. The SMILES string of the molecule is C1=N\N=C/n2cccc2/C=C/1. The van der Waals surface area contributed by atoms with E-state index in [2.05, 4.69) is 10.2 Å². The van der Waals surface area contributed by atoms with Gasteiger partial charge in [0.25, 0.3) is 0 Å². The topological polar surface area (TPSA) is 29.6 Å². The first-order valence-corrected chi connectivity index (χ1v) is 3.37. The monoisotopic (exact) mass is 145 g/mol. The summed E-state index contributed by atoms with van der Waals surface area (Å²) in [5.74, 6) is 0. The Bertz CT molecular complexity index is 300. The fourth-order valence-corrected chi connectivity index (χ4v) is 0.957. The summed E-state index contributed by atoms with van der Waals surface area (Å²) in [5.41, 5.74) is 1.11. The highest BCUT2D eigenvalue weighted by Crippen LogP contribution is 2.02. The Labute approximate surface area is 64.4 Å². The maximum Gasteiger partial charge on any atom is 0.122 e. The molecule has 0 unspecified atom stereocenters. The second-order valence-corrected chi connectivity index (χ2v) is 2.19. The number of fused-ring (bicyclic) bond motifs is 1. The van der Waals surface area contributed by atoms with E-state index in [0.717, 1.165) is 5.69 Å². The molecular formula is C8H7N3. The van der Waals surface area contributed by atoms with Gasteiger partial charge in [-0.25, -0.2) is 0 Å². The lowest BCUT2D eigenvalue weighted by molar-refractivity contribution is 1.13. The van der Waals surface area contributed by atoms with Crippen LogP contribution < -0.4 is 0 Å². The molecular weight excluding hydrogens is 138 g/mol. The van der Waals surface area contributed by atoms with E-state index in [0.29, 0.717) is 0 Å². The molecule has 1 aliphatic rings. The Morgan fingerprint density at radius 2 is 2.27 bits per heavy atom. The fourth-order valence-electron chi connectivity index (χ4n) is 0.957. The molecule has 54 valence electrons. The molecule has 3 nitrogen and oxygen atoms in total. The molecule has 1 aromatic heterocycles. The normalized spacial score (nSPS) is 22.9. The molecule has 0 radical (unpaired) electrons. The average Bonchev–Trinajstić information content (AvgIpc) is 2.35. The predicted molar refractivity (Wildman–Crippen MR) is 45.8 cm³/mol. The second kappa shape index (κ2) is 2.54. The summed E-state index contributed by atoms with van der Waals surface area (Å²) in [6, 6.07) is 3.98. The average molecular weight is 145 g/mol. The molecule has 0 aromatic carbocycles. The van der Waals surface area contributed by atoms with Gasteiger partial charge in [-0.05, 0) is 24.3 Å². The van der Waals surface area contributed by atoms with Crippen LogP contribution >= 0.6 is 0 Å². The van der Waals surface area contributed by atoms with E-state index < -0.39 is 0 Å². The Kier molecular flexibility index (Phi) is 1.41. The highest BCUT2D eigenvalue weighted by molar-refractivity contribution is 5.80. The third-order valence-corrected chi connectivity index (χ3v) is 1.47. The van der Waals surface area contributed by atoms with Crippen LogP contribution in [0.2, 0.25) is 0 Å². The zero-order valence-electron chi connectivity index (χ0n) is 5.88. The van der Waals surface area contributed by atoms with E-state index in [1.54, 1.807) is 12.6 Å². The molecule has 3 heteroatoms. The highest BCUT2D eigenvalue weighted by atomic mass is 15.2. The lowest BCUT2D eigenvalue weighted by Crippen LogP contribution is -1.95. The van der Waals surface area contributed by atoms with Crippen molar-refractivity contribution >= 4 is 18.6 Å². The summed E-state index contributed by atoms with van der Waals surface area (Å²) in [5, 5.41) is 7.55. The zero-order valence-corrected chi connectivity index (χ0v) is 5.88. The number of aromatic nitrogens is 1. The van der Waals surface area contributed by atoms with Crippen molar-refractivity contribution in [2.75, 3.05) is 0 Å². The van der Waals surface area contributed by atoms with Crippen LogP contribution in [0.3, 0.4) is 0 Å². The van der Waals surface area contributed by atoms with Crippen molar-refractivity contribution in [2.24, 2.45) is 10.2 Å². The van der Waals surface area contributed by atoms with Gasteiger partial charge in [-0.15, -0.1) is 5.10 Å². The van der Waals surface area contributed by atoms with Gasteiger partial charge in [0.15, 0.2) is 0 Å². The number of allylic oxidation sites excluding steroid dienone is 1. The number of nitrogens with zero attached hydrogens (tertiary/aromatic N) is 3. The third kappa shape index (κ3) is 1.12. The minimum absolute atomic E-state index is 1.11. The minimum atomic E-state index is 1.11. The summed E-state index contributed by atoms with van der Waals surface area (Å²) >= 11 is 0. The van der Waals surface area contributed by atoms with E-state index in [1.165, 1.54) is 0 Å². The van der Waals surface area contributed by atoms with Crippen LogP contribution in [0.15, 0.2) is 34.6 Å². The Morgan fingerprint density at radius 3 is 3.27 bits per heavy atom. The summed E-state index contributed by atoms with van der Waals surface area (Å²) in [7, 11) is 0. The smallest absolute Gasteiger partial charge is 0.122 e. The summed E-state index contributed by atoms with van der Waals surface area (Å²) in [6.45, 7) is 0. The van der Waals surface area contributed by atoms with Crippen molar-refractivity contribution in [1.29, 1.82) is 0 Å². The van der Waals surface area contributed by atoms with Gasteiger partial charge in [0.2, 0.25) is 0 Å². The zero-order chi connectivity index (χ0) is 7.52. The molecule has 2 heterocycles. The van der Waals surface area contributed by atoms with E-state index in [4.69, 9.17) is 0 Å². The third-order valence-electron chi connectivity index (χ3n) is 1.47. The minimum Gasteiger partial charge on any atom is -0.306 e.